The van der Waals surface area contributed by atoms with Crippen molar-refractivity contribution in [1.29, 1.82) is 0 Å². The highest BCUT2D eigenvalue weighted by Crippen LogP contribution is 2.25. The number of benzene rings is 1. The van der Waals surface area contributed by atoms with Gasteiger partial charge >= 0.3 is 6.09 Å². The first kappa shape index (κ1) is 27.8. The molecule has 10 heteroatoms. The number of carbonyl (C=O) groups excluding carboxylic acids is 2. The van der Waals surface area contributed by atoms with Crippen molar-refractivity contribution in [2.45, 2.75) is 58.0 Å². The summed E-state index contributed by atoms with van der Waals surface area (Å²) in [5.74, 6) is -0.638. The number of amides is 2. The molecule has 0 unspecified atom stereocenters. The van der Waals surface area contributed by atoms with Crippen molar-refractivity contribution >= 4 is 17.7 Å². The number of nitrogens with two attached hydrogens (primary N) is 1. The van der Waals surface area contributed by atoms with Gasteiger partial charge in [0.05, 0.1) is 37.1 Å². The number of likely N-dealkylation sites (tertiary alicyclic amines) is 1. The monoisotopic (exact) mass is 527 g/mol. The molecule has 0 saturated carbocycles. The van der Waals surface area contributed by atoms with E-state index in [9.17, 15) is 9.59 Å². The van der Waals surface area contributed by atoms with Gasteiger partial charge in [-0.2, -0.15) is 0 Å². The number of hydrogen-bond donors (Lipinski definition) is 2. The highest BCUT2D eigenvalue weighted by molar-refractivity contribution is 5.98. The number of anilines is 1. The minimum Gasteiger partial charge on any atom is -0.444 e. The predicted octanol–water partition coefficient (Wildman–Crippen LogP) is 3.36. The second kappa shape index (κ2) is 12.1. The largest absolute Gasteiger partial charge is 0.444 e. The van der Waals surface area contributed by atoms with Gasteiger partial charge in [-0.3, -0.25) is 14.7 Å². The summed E-state index contributed by atoms with van der Waals surface area (Å²) < 4.78 is 25.9. The Bertz CT molecular complexity index is 1120. The topological polar surface area (TPSA) is 110 Å². The maximum Gasteiger partial charge on any atom is 0.410 e. The van der Waals surface area contributed by atoms with Crippen LogP contribution in [0.15, 0.2) is 36.5 Å². The number of carbonyl (C=O) groups is 2. The number of piperidine rings is 1. The second-order valence-corrected chi connectivity index (χ2v) is 10.9. The SMILES string of the molecule is CC(C)(C)OC(=O)N1CC[C@@H](Nc2cc(Cc3ccc(CN4CCOCC4)cc3)ncc2C(N)=O)[C@@H](F)C1. The van der Waals surface area contributed by atoms with Crippen LogP contribution in [0.25, 0.3) is 0 Å². The summed E-state index contributed by atoms with van der Waals surface area (Å²) in [7, 11) is 0. The van der Waals surface area contributed by atoms with Crippen LogP contribution in [0.3, 0.4) is 0 Å². The fraction of sp³-hybridized carbons (Fsp3) is 0.536. The van der Waals surface area contributed by atoms with Crippen LogP contribution in [0.2, 0.25) is 0 Å². The third kappa shape index (κ3) is 7.64. The van der Waals surface area contributed by atoms with Crippen LogP contribution < -0.4 is 11.1 Å². The lowest BCUT2D eigenvalue weighted by Gasteiger charge is -2.36. The van der Waals surface area contributed by atoms with E-state index in [1.165, 1.54) is 16.7 Å². The summed E-state index contributed by atoms with van der Waals surface area (Å²) in [6.07, 6.45) is 0.490. The summed E-state index contributed by atoms with van der Waals surface area (Å²) in [6, 6.07) is 9.57. The zero-order valence-corrected chi connectivity index (χ0v) is 22.4. The van der Waals surface area contributed by atoms with Gasteiger partial charge in [-0.1, -0.05) is 24.3 Å². The van der Waals surface area contributed by atoms with Crippen molar-refractivity contribution in [1.82, 2.24) is 14.8 Å². The third-order valence-electron chi connectivity index (χ3n) is 6.68. The van der Waals surface area contributed by atoms with Gasteiger partial charge in [0.25, 0.3) is 5.91 Å². The fourth-order valence-corrected chi connectivity index (χ4v) is 4.66. The Hall–Kier alpha value is -3.24. The zero-order chi connectivity index (χ0) is 27.3. The molecule has 2 saturated heterocycles. The van der Waals surface area contributed by atoms with E-state index >= 15 is 4.39 Å². The molecule has 0 bridgehead atoms. The summed E-state index contributed by atoms with van der Waals surface area (Å²) in [5, 5.41) is 3.16. The first-order valence-electron chi connectivity index (χ1n) is 13.1. The smallest absolute Gasteiger partial charge is 0.410 e. The molecule has 3 heterocycles. The van der Waals surface area contributed by atoms with Crippen molar-refractivity contribution in [3.8, 4) is 0 Å². The van der Waals surface area contributed by atoms with Crippen LogP contribution in [0, 0.1) is 0 Å². The number of primary amides is 1. The van der Waals surface area contributed by atoms with Crippen LogP contribution in [-0.4, -0.2) is 84.0 Å². The number of aromatic nitrogens is 1. The number of nitrogens with zero attached hydrogens (tertiary/aromatic N) is 3. The minimum absolute atomic E-state index is 0.0901. The molecule has 2 aliphatic rings. The Morgan fingerprint density at radius 1 is 1.16 bits per heavy atom. The van der Waals surface area contributed by atoms with Crippen molar-refractivity contribution in [2.75, 3.05) is 44.7 Å². The van der Waals surface area contributed by atoms with Gasteiger partial charge in [0.1, 0.15) is 11.8 Å². The molecule has 1 aromatic carbocycles. The number of ether oxygens (including phenoxy) is 2. The number of alkyl halides is 1. The summed E-state index contributed by atoms with van der Waals surface area (Å²) in [5.41, 5.74) is 8.64. The Kier molecular flexibility index (Phi) is 8.83. The fourth-order valence-electron chi connectivity index (χ4n) is 4.66. The van der Waals surface area contributed by atoms with Crippen molar-refractivity contribution < 1.29 is 23.5 Å². The summed E-state index contributed by atoms with van der Waals surface area (Å²) in [6.45, 7) is 9.89. The minimum atomic E-state index is -1.34. The molecule has 4 rings (SSSR count). The van der Waals surface area contributed by atoms with E-state index < -0.39 is 29.8 Å². The third-order valence-corrected chi connectivity index (χ3v) is 6.68. The maximum atomic E-state index is 15.1. The Balaban J connectivity index is 1.40. The van der Waals surface area contributed by atoms with E-state index in [0.29, 0.717) is 25.1 Å². The molecule has 1 aromatic heterocycles. The van der Waals surface area contributed by atoms with Gasteiger partial charge in [0.2, 0.25) is 0 Å². The van der Waals surface area contributed by atoms with Gasteiger partial charge in [-0.25, -0.2) is 9.18 Å². The second-order valence-electron chi connectivity index (χ2n) is 10.9. The number of hydrogen-bond acceptors (Lipinski definition) is 7. The first-order chi connectivity index (χ1) is 18.1. The maximum absolute atomic E-state index is 15.1. The number of nitrogens with one attached hydrogen (secondary N) is 1. The van der Waals surface area contributed by atoms with Gasteiger partial charge in [-0.05, 0) is 44.4 Å². The lowest BCUT2D eigenvalue weighted by atomic mass is 10.0. The van der Waals surface area contributed by atoms with E-state index in [2.05, 4.69) is 39.5 Å². The van der Waals surface area contributed by atoms with Gasteiger partial charge in [0, 0.05) is 44.5 Å². The Morgan fingerprint density at radius 2 is 1.84 bits per heavy atom. The lowest BCUT2D eigenvalue weighted by molar-refractivity contribution is 0.0125. The van der Waals surface area contributed by atoms with E-state index in [1.807, 2.05) is 0 Å². The number of pyridine rings is 1. The predicted molar refractivity (Wildman–Crippen MR) is 143 cm³/mol. The standard InChI is InChI=1S/C28H38FN5O4/c1-28(2,3)38-27(36)34-9-8-24(23(29)18-34)32-25-15-21(31-16-22(25)26(30)35)14-19-4-6-20(7-5-19)17-33-10-12-37-13-11-33/h4-7,15-16,23-24H,8-14,17-18H2,1-3H3,(H2,30,35)(H,31,32)/t23-,24+/m0/s1. The highest BCUT2D eigenvalue weighted by atomic mass is 19.1. The van der Waals surface area contributed by atoms with E-state index in [0.717, 1.165) is 44.1 Å². The van der Waals surface area contributed by atoms with E-state index in [1.54, 1.807) is 26.8 Å². The molecule has 3 N–H and O–H groups in total. The molecule has 0 aliphatic carbocycles. The van der Waals surface area contributed by atoms with Crippen LogP contribution in [0.4, 0.5) is 14.9 Å². The van der Waals surface area contributed by atoms with Crippen molar-refractivity contribution in [3.05, 3.63) is 58.9 Å². The molecule has 9 nitrogen and oxygen atoms in total. The molecule has 2 amide bonds. The van der Waals surface area contributed by atoms with Crippen molar-refractivity contribution in [2.24, 2.45) is 5.73 Å². The molecule has 38 heavy (non-hydrogen) atoms. The van der Waals surface area contributed by atoms with Gasteiger partial charge < -0.3 is 25.4 Å². The number of morpholine rings is 1. The molecule has 0 radical (unpaired) electrons. The normalized spacial score (nSPS) is 20.7. The molecule has 206 valence electrons. The molecular weight excluding hydrogens is 489 g/mol. The summed E-state index contributed by atoms with van der Waals surface area (Å²) >= 11 is 0. The van der Waals surface area contributed by atoms with E-state index in [-0.39, 0.29) is 12.1 Å². The molecule has 2 aliphatic heterocycles. The number of rotatable bonds is 7. The van der Waals surface area contributed by atoms with Crippen LogP contribution in [-0.2, 0) is 22.4 Å². The molecule has 2 aromatic rings. The quantitative estimate of drug-likeness (QED) is 0.568. The number of halogens is 1. The molecule has 2 fully saturated rings. The van der Waals surface area contributed by atoms with Gasteiger partial charge in [0.15, 0.2) is 0 Å². The Morgan fingerprint density at radius 3 is 2.47 bits per heavy atom. The van der Waals surface area contributed by atoms with Crippen LogP contribution in [0.5, 0.6) is 0 Å². The average molecular weight is 528 g/mol. The molecule has 0 spiro atoms. The van der Waals surface area contributed by atoms with Crippen LogP contribution >= 0.6 is 0 Å². The van der Waals surface area contributed by atoms with Crippen molar-refractivity contribution in [3.63, 3.8) is 0 Å². The van der Waals surface area contributed by atoms with Crippen LogP contribution in [0.1, 0.15) is 54.4 Å². The molecule has 2 atom stereocenters. The zero-order valence-electron chi connectivity index (χ0n) is 22.4. The lowest BCUT2D eigenvalue weighted by Crippen LogP contribution is -2.51. The summed E-state index contributed by atoms with van der Waals surface area (Å²) in [4.78, 5) is 32.6. The highest BCUT2D eigenvalue weighted by Gasteiger charge is 2.34. The molecular formula is C28H38FN5O4. The average Bonchev–Trinajstić information content (AvgIpc) is 2.86. The van der Waals surface area contributed by atoms with Gasteiger partial charge in [-0.15, -0.1) is 0 Å². The Labute approximate surface area is 223 Å². The van der Waals surface area contributed by atoms with E-state index in [4.69, 9.17) is 15.2 Å². The first-order valence-corrected chi connectivity index (χ1v) is 13.1.